The van der Waals surface area contributed by atoms with Crippen LogP contribution >= 0.6 is 11.3 Å². The quantitative estimate of drug-likeness (QED) is 0.703. The van der Waals surface area contributed by atoms with Gasteiger partial charge in [0.1, 0.15) is 11.0 Å². The van der Waals surface area contributed by atoms with Crippen molar-refractivity contribution in [3.05, 3.63) is 5.01 Å². The molecular weight excluding hydrogens is 176 g/mol. The third-order valence-corrected chi connectivity index (χ3v) is 2.06. The molecular formula is C6H10N4OS. The second-order valence-electron chi connectivity index (χ2n) is 2.39. The lowest BCUT2D eigenvalue weighted by Gasteiger charge is -2.06. The van der Waals surface area contributed by atoms with Crippen molar-refractivity contribution < 1.29 is 4.79 Å². The Kier molecular flexibility index (Phi) is 2.59. The highest BCUT2D eigenvalue weighted by Crippen LogP contribution is 2.14. The normalized spacial score (nSPS) is 12.5. The Bertz CT molecular complexity index is 285. The lowest BCUT2D eigenvalue weighted by atomic mass is 10.3. The Hall–Kier alpha value is -1.17. The van der Waals surface area contributed by atoms with Gasteiger partial charge in [-0.2, -0.15) is 0 Å². The van der Waals surface area contributed by atoms with Crippen LogP contribution in [-0.4, -0.2) is 22.1 Å². The number of amides is 1. The van der Waals surface area contributed by atoms with Gasteiger partial charge in [-0.25, -0.2) is 0 Å². The van der Waals surface area contributed by atoms with E-state index in [-0.39, 0.29) is 0 Å². The van der Waals surface area contributed by atoms with Crippen LogP contribution in [0.4, 0.5) is 5.13 Å². The van der Waals surface area contributed by atoms with Crippen LogP contribution in [0, 0.1) is 6.92 Å². The standard InChI is InChI=1S/C6H10N4OS/c1-3(5(7)11)8-6-10-9-4(2)12-6/h3H,1-2H3,(H2,7,11)(H,8,10). The fraction of sp³-hybridized carbons (Fsp3) is 0.500. The van der Waals surface area contributed by atoms with Crippen molar-refractivity contribution in [2.75, 3.05) is 5.32 Å². The smallest absolute Gasteiger partial charge is 0.239 e. The van der Waals surface area contributed by atoms with Crippen LogP contribution in [0.1, 0.15) is 11.9 Å². The van der Waals surface area contributed by atoms with Crippen LogP contribution in [0.15, 0.2) is 0 Å². The minimum atomic E-state index is -0.405. The van der Waals surface area contributed by atoms with Crippen LogP contribution in [0.25, 0.3) is 0 Å². The molecule has 0 radical (unpaired) electrons. The van der Waals surface area contributed by atoms with Gasteiger partial charge in [-0.1, -0.05) is 11.3 Å². The topological polar surface area (TPSA) is 80.9 Å². The number of aromatic nitrogens is 2. The molecule has 0 aliphatic rings. The van der Waals surface area contributed by atoms with E-state index in [4.69, 9.17) is 5.73 Å². The molecule has 0 fully saturated rings. The molecule has 0 saturated heterocycles. The molecule has 0 spiro atoms. The maximum Gasteiger partial charge on any atom is 0.239 e. The molecule has 1 aromatic heterocycles. The van der Waals surface area contributed by atoms with Crippen molar-refractivity contribution in [1.29, 1.82) is 0 Å². The first-order valence-electron chi connectivity index (χ1n) is 3.45. The first-order valence-corrected chi connectivity index (χ1v) is 4.27. The maximum atomic E-state index is 10.6. The van der Waals surface area contributed by atoms with E-state index in [1.165, 1.54) is 11.3 Å². The fourth-order valence-electron chi connectivity index (χ4n) is 0.611. The van der Waals surface area contributed by atoms with Gasteiger partial charge < -0.3 is 11.1 Å². The number of nitrogens with zero attached hydrogens (tertiary/aromatic N) is 2. The van der Waals surface area contributed by atoms with Gasteiger partial charge in [0.15, 0.2) is 0 Å². The summed E-state index contributed by atoms with van der Waals surface area (Å²) in [6.07, 6.45) is 0. The maximum absolute atomic E-state index is 10.6. The summed E-state index contributed by atoms with van der Waals surface area (Å²) in [5.74, 6) is -0.400. The summed E-state index contributed by atoms with van der Waals surface area (Å²) < 4.78 is 0. The van der Waals surface area contributed by atoms with Crippen molar-refractivity contribution in [2.24, 2.45) is 5.73 Å². The van der Waals surface area contributed by atoms with E-state index >= 15 is 0 Å². The predicted molar refractivity (Wildman–Crippen MR) is 46.9 cm³/mol. The second-order valence-corrected chi connectivity index (χ2v) is 3.58. The highest BCUT2D eigenvalue weighted by molar-refractivity contribution is 7.15. The van der Waals surface area contributed by atoms with Crippen LogP contribution in [0.2, 0.25) is 0 Å². The summed E-state index contributed by atoms with van der Waals surface area (Å²) in [5, 5.41) is 11.9. The average Bonchev–Trinajstić information content (AvgIpc) is 2.35. The van der Waals surface area contributed by atoms with E-state index < -0.39 is 11.9 Å². The SMILES string of the molecule is Cc1nnc(NC(C)C(N)=O)s1. The zero-order valence-corrected chi connectivity index (χ0v) is 7.68. The summed E-state index contributed by atoms with van der Waals surface area (Å²) in [7, 11) is 0. The van der Waals surface area contributed by atoms with Crippen LogP contribution in [0.5, 0.6) is 0 Å². The molecule has 1 atom stereocenters. The highest BCUT2D eigenvalue weighted by Gasteiger charge is 2.09. The Morgan fingerprint density at radius 3 is 2.75 bits per heavy atom. The molecule has 0 aliphatic heterocycles. The number of nitrogens with two attached hydrogens (primary N) is 1. The number of carbonyl (C=O) groups is 1. The number of rotatable bonds is 3. The lowest BCUT2D eigenvalue weighted by Crippen LogP contribution is -2.32. The van der Waals surface area contributed by atoms with Gasteiger partial charge in [0.25, 0.3) is 0 Å². The van der Waals surface area contributed by atoms with E-state index in [0.29, 0.717) is 5.13 Å². The number of anilines is 1. The van der Waals surface area contributed by atoms with Crippen LogP contribution < -0.4 is 11.1 Å². The zero-order chi connectivity index (χ0) is 9.14. The van der Waals surface area contributed by atoms with Gasteiger partial charge in [0.05, 0.1) is 0 Å². The molecule has 0 bridgehead atoms. The molecule has 0 aliphatic carbocycles. The van der Waals surface area contributed by atoms with Crippen molar-refractivity contribution in [1.82, 2.24) is 10.2 Å². The third kappa shape index (κ3) is 2.16. The van der Waals surface area contributed by atoms with E-state index in [0.717, 1.165) is 5.01 Å². The highest BCUT2D eigenvalue weighted by atomic mass is 32.1. The minimum absolute atomic E-state index is 0.400. The zero-order valence-electron chi connectivity index (χ0n) is 6.87. The molecule has 1 heterocycles. The molecule has 1 amide bonds. The van der Waals surface area contributed by atoms with Gasteiger partial charge in [-0.05, 0) is 13.8 Å². The van der Waals surface area contributed by atoms with E-state index in [2.05, 4.69) is 15.5 Å². The molecule has 1 rings (SSSR count). The van der Waals surface area contributed by atoms with Crippen molar-refractivity contribution in [2.45, 2.75) is 19.9 Å². The molecule has 1 unspecified atom stereocenters. The van der Waals surface area contributed by atoms with Crippen LogP contribution in [-0.2, 0) is 4.79 Å². The van der Waals surface area contributed by atoms with E-state index in [1.807, 2.05) is 6.92 Å². The lowest BCUT2D eigenvalue weighted by molar-refractivity contribution is -0.118. The number of primary amides is 1. The molecule has 1 aromatic rings. The summed E-state index contributed by atoms with van der Waals surface area (Å²) in [6.45, 7) is 3.52. The Labute approximate surface area is 74.0 Å². The third-order valence-electron chi connectivity index (χ3n) is 1.29. The van der Waals surface area contributed by atoms with Gasteiger partial charge in [0, 0.05) is 0 Å². The van der Waals surface area contributed by atoms with Gasteiger partial charge >= 0.3 is 0 Å². The Morgan fingerprint density at radius 1 is 1.67 bits per heavy atom. The molecule has 5 nitrogen and oxygen atoms in total. The van der Waals surface area contributed by atoms with Crippen LogP contribution in [0.3, 0.4) is 0 Å². The summed E-state index contributed by atoms with van der Waals surface area (Å²) in [5.41, 5.74) is 5.05. The summed E-state index contributed by atoms with van der Waals surface area (Å²) >= 11 is 1.39. The fourth-order valence-corrected chi connectivity index (χ4v) is 1.29. The summed E-state index contributed by atoms with van der Waals surface area (Å²) in [6, 6.07) is -0.405. The Balaban J connectivity index is 2.58. The number of hydrogen-bond acceptors (Lipinski definition) is 5. The number of carbonyl (C=O) groups excluding carboxylic acids is 1. The van der Waals surface area contributed by atoms with Crippen molar-refractivity contribution in [3.63, 3.8) is 0 Å². The minimum Gasteiger partial charge on any atom is -0.368 e. The molecule has 6 heteroatoms. The van der Waals surface area contributed by atoms with Gasteiger partial charge in [-0.15, -0.1) is 10.2 Å². The van der Waals surface area contributed by atoms with Gasteiger partial charge in [-0.3, -0.25) is 4.79 Å². The second kappa shape index (κ2) is 3.48. The molecule has 3 N–H and O–H groups in total. The number of hydrogen-bond donors (Lipinski definition) is 2. The monoisotopic (exact) mass is 186 g/mol. The van der Waals surface area contributed by atoms with Crippen molar-refractivity contribution >= 4 is 22.4 Å². The average molecular weight is 186 g/mol. The first-order chi connectivity index (χ1) is 5.59. The van der Waals surface area contributed by atoms with Gasteiger partial charge in [0.2, 0.25) is 11.0 Å². The largest absolute Gasteiger partial charge is 0.368 e. The van der Waals surface area contributed by atoms with E-state index in [1.54, 1.807) is 6.92 Å². The van der Waals surface area contributed by atoms with Crippen molar-refractivity contribution in [3.8, 4) is 0 Å². The van der Waals surface area contributed by atoms with E-state index in [9.17, 15) is 4.79 Å². The molecule has 0 aromatic carbocycles. The molecule has 12 heavy (non-hydrogen) atoms. The Morgan fingerprint density at radius 2 is 2.33 bits per heavy atom. The first kappa shape index (κ1) is 8.92. The summed E-state index contributed by atoms with van der Waals surface area (Å²) in [4.78, 5) is 10.6. The number of aryl methyl sites for hydroxylation is 1. The number of nitrogens with one attached hydrogen (secondary N) is 1. The predicted octanol–water partition coefficient (Wildman–Crippen LogP) is 0.132. The molecule has 66 valence electrons. The molecule has 0 saturated carbocycles.